The highest BCUT2D eigenvalue weighted by molar-refractivity contribution is 5.74. The number of hydrogen-bond acceptors (Lipinski definition) is 6. The minimum atomic E-state index is -0.441. The van der Waals surface area contributed by atoms with Gasteiger partial charge in [0.2, 0.25) is 5.95 Å². The maximum Gasteiger partial charge on any atom is 0.332 e. The third-order valence-corrected chi connectivity index (χ3v) is 5.13. The van der Waals surface area contributed by atoms with Crippen LogP contribution in [0.1, 0.15) is 5.56 Å². The molecule has 156 valence electrons. The maximum atomic E-state index is 12.9. The van der Waals surface area contributed by atoms with Crippen molar-refractivity contribution < 1.29 is 5.11 Å². The van der Waals surface area contributed by atoms with E-state index in [9.17, 15) is 14.7 Å². The molecule has 0 aliphatic heterocycles. The van der Waals surface area contributed by atoms with Crippen molar-refractivity contribution in [3.8, 4) is 11.3 Å². The average molecular weight is 409 g/mol. The molecule has 0 radical (unpaired) electrons. The molecule has 0 aliphatic carbocycles. The standard InChI is InChI=1S/C20H23N7O3/c1-24-17-16(18(29)25(2)20(24)30)27(19(23-17)21-9-10-28)12-13-5-4-6-14(11-13)15-7-8-22-26(15)3/h4-8,11,28H,9-10,12H2,1-3H3,(H,21,23). The van der Waals surface area contributed by atoms with Crippen LogP contribution in [-0.2, 0) is 27.7 Å². The number of nitrogens with zero attached hydrogens (tertiary/aromatic N) is 6. The Morgan fingerprint density at radius 2 is 1.90 bits per heavy atom. The molecular formula is C20H23N7O3. The van der Waals surface area contributed by atoms with Crippen molar-refractivity contribution >= 4 is 17.1 Å². The number of nitrogens with one attached hydrogen (secondary N) is 1. The first-order valence-electron chi connectivity index (χ1n) is 9.50. The predicted octanol–water partition coefficient (Wildman–Crippen LogP) is 0.287. The van der Waals surface area contributed by atoms with Gasteiger partial charge < -0.3 is 10.4 Å². The van der Waals surface area contributed by atoms with Crippen LogP contribution < -0.4 is 16.6 Å². The summed E-state index contributed by atoms with van der Waals surface area (Å²) in [5.41, 5.74) is 2.70. The van der Waals surface area contributed by atoms with E-state index in [0.29, 0.717) is 23.7 Å². The van der Waals surface area contributed by atoms with E-state index in [1.807, 2.05) is 37.4 Å². The van der Waals surface area contributed by atoms with Crippen LogP contribution in [0.25, 0.3) is 22.4 Å². The summed E-state index contributed by atoms with van der Waals surface area (Å²) in [7, 11) is 4.91. The van der Waals surface area contributed by atoms with Crippen molar-refractivity contribution in [3.63, 3.8) is 0 Å². The van der Waals surface area contributed by atoms with Gasteiger partial charge in [0, 0.05) is 39.4 Å². The van der Waals surface area contributed by atoms with Crippen LogP contribution in [0.5, 0.6) is 0 Å². The zero-order valence-electron chi connectivity index (χ0n) is 17.0. The lowest BCUT2D eigenvalue weighted by molar-refractivity contribution is 0.310. The molecule has 4 aromatic rings. The number of aryl methyl sites for hydroxylation is 2. The zero-order valence-corrected chi connectivity index (χ0v) is 17.0. The fourth-order valence-corrected chi connectivity index (χ4v) is 3.57. The number of aliphatic hydroxyl groups excluding tert-OH is 1. The minimum Gasteiger partial charge on any atom is -0.395 e. The Morgan fingerprint density at radius 3 is 2.60 bits per heavy atom. The highest BCUT2D eigenvalue weighted by Gasteiger charge is 2.19. The fourth-order valence-electron chi connectivity index (χ4n) is 3.57. The number of aliphatic hydroxyl groups is 1. The summed E-state index contributed by atoms with van der Waals surface area (Å²) in [5.74, 6) is 0.420. The first-order valence-corrected chi connectivity index (χ1v) is 9.50. The Balaban J connectivity index is 1.87. The van der Waals surface area contributed by atoms with Gasteiger partial charge in [-0.1, -0.05) is 18.2 Å². The van der Waals surface area contributed by atoms with Gasteiger partial charge in [-0.3, -0.25) is 23.2 Å². The van der Waals surface area contributed by atoms with Crippen LogP contribution in [0, 0.1) is 0 Å². The molecule has 0 spiro atoms. The number of aromatic nitrogens is 6. The Kier molecular flexibility index (Phi) is 5.00. The number of benzene rings is 1. The molecule has 0 bridgehead atoms. The van der Waals surface area contributed by atoms with Crippen molar-refractivity contribution in [2.75, 3.05) is 18.5 Å². The lowest BCUT2D eigenvalue weighted by Gasteiger charge is -2.12. The summed E-state index contributed by atoms with van der Waals surface area (Å²) in [4.78, 5) is 29.7. The second-order valence-electron chi connectivity index (χ2n) is 7.09. The monoisotopic (exact) mass is 409 g/mol. The van der Waals surface area contributed by atoms with Crippen LogP contribution in [0.4, 0.5) is 5.95 Å². The molecule has 10 nitrogen and oxygen atoms in total. The molecule has 3 heterocycles. The first-order chi connectivity index (χ1) is 14.4. The van der Waals surface area contributed by atoms with E-state index in [-0.39, 0.29) is 13.2 Å². The lowest BCUT2D eigenvalue weighted by atomic mass is 10.1. The number of rotatable bonds is 6. The van der Waals surface area contributed by atoms with Crippen LogP contribution >= 0.6 is 0 Å². The SMILES string of the molecule is Cn1nccc1-c1cccc(Cn2c(NCCO)nc3c2c(=O)n(C)c(=O)n3C)c1. The second kappa shape index (κ2) is 7.64. The smallest absolute Gasteiger partial charge is 0.332 e. The van der Waals surface area contributed by atoms with E-state index in [1.165, 1.54) is 11.6 Å². The highest BCUT2D eigenvalue weighted by Crippen LogP contribution is 2.22. The van der Waals surface area contributed by atoms with Gasteiger partial charge in [0.15, 0.2) is 11.2 Å². The van der Waals surface area contributed by atoms with E-state index >= 15 is 0 Å². The summed E-state index contributed by atoms with van der Waals surface area (Å²) in [5, 5.41) is 16.5. The quantitative estimate of drug-likeness (QED) is 0.473. The van der Waals surface area contributed by atoms with Crippen LogP contribution in [-0.4, -0.2) is 46.7 Å². The average Bonchev–Trinajstić information content (AvgIpc) is 3.33. The van der Waals surface area contributed by atoms with Crippen molar-refractivity contribution in [1.29, 1.82) is 0 Å². The van der Waals surface area contributed by atoms with Crippen LogP contribution in [0.15, 0.2) is 46.1 Å². The van der Waals surface area contributed by atoms with Gasteiger partial charge in [0.1, 0.15) is 0 Å². The van der Waals surface area contributed by atoms with Gasteiger partial charge in [-0.15, -0.1) is 0 Å². The van der Waals surface area contributed by atoms with Gasteiger partial charge in [-0.2, -0.15) is 10.1 Å². The molecule has 4 rings (SSSR count). The third kappa shape index (κ3) is 3.20. The van der Waals surface area contributed by atoms with Crippen LogP contribution in [0.3, 0.4) is 0 Å². The lowest BCUT2D eigenvalue weighted by Crippen LogP contribution is -2.37. The summed E-state index contributed by atoms with van der Waals surface area (Å²) in [6, 6.07) is 9.89. The topological polar surface area (TPSA) is 112 Å². The van der Waals surface area contributed by atoms with Gasteiger partial charge in [0.05, 0.1) is 18.8 Å². The maximum absolute atomic E-state index is 12.9. The minimum absolute atomic E-state index is 0.0872. The van der Waals surface area contributed by atoms with E-state index in [2.05, 4.69) is 15.4 Å². The Hall–Kier alpha value is -3.66. The van der Waals surface area contributed by atoms with E-state index in [4.69, 9.17) is 0 Å². The molecule has 0 saturated carbocycles. The molecule has 0 aliphatic rings. The molecule has 0 amide bonds. The molecule has 2 N–H and O–H groups in total. The van der Waals surface area contributed by atoms with E-state index in [0.717, 1.165) is 21.4 Å². The van der Waals surface area contributed by atoms with Gasteiger partial charge in [0.25, 0.3) is 5.56 Å². The van der Waals surface area contributed by atoms with Crippen molar-refractivity contribution in [2.45, 2.75) is 6.54 Å². The van der Waals surface area contributed by atoms with Crippen molar-refractivity contribution in [3.05, 3.63) is 62.9 Å². The Morgan fingerprint density at radius 1 is 1.10 bits per heavy atom. The molecule has 10 heteroatoms. The van der Waals surface area contributed by atoms with Gasteiger partial charge in [-0.25, -0.2) is 4.79 Å². The summed E-state index contributed by atoms with van der Waals surface area (Å²) in [6.45, 7) is 0.548. The molecule has 3 aromatic heterocycles. The number of imidazole rings is 1. The summed E-state index contributed by atoms with van der Waals surface area (Å²) >= 11 is 0. The molecule has 1 aromatic carbocycles. The van der Waals surface area contributed by atoms with E-state index < -0.39 is 11.2 Å². The van der Waals surface area contributed by atoms with Gasteiger partial charge in [-0.05, 0) is 17.7 Å². The first kappa shape index (κ1) is 19.6. The fraction of sp³-hybridized carbons (Fsp3) is 0.300. The third-order valence-electron chi connectivity index (χ3n) is 5.13. The van der Waals surface area contributed by atoms with Crippen molar-refractivity contribution in [2.24, 2.45) is 21.1 Å². The number of fused-ring (bicyclic) bond motifs is 1. The van der Waals surface area contributed by atoms with Crippen molar-refractivity contribution in [1.82, 2.24) is 28.5 Å². The highest BCUT2D eigenvalue weighted by atomic mass is 16.3. The van der Waals surface area contributed by atoms with E-state index in [1.54, 1.807) is 22.5 Å². The molecular weight excluding hydrogens is 386 g/mol. The largest absolute Gasteiger partial charge is 0.395 e. The molecule has 0 saturated heterocycles. The Labute approximate surface area is 171 Å². The summed E-state index contributed by atoms with van der Waals surface area (Å²) in [6.07, 6.45) is 1.74. The predicted molar refractivity (Wildman–Crippen MR) is 114 cm³/mol. The Bertz CT molecular complexity index is 1340. The molecule has 0 unspecified atom stereocenters. The zero-order chi connectivity index (χ0) is 21.4. The second-order valence-corrected chi connectivity index (χ2v) is 7.09. The number of hydrogen-bond donors (Lipinski definition) is 2. The molecule has 30 heavy (non-hydrogen) atoms. The number of anilines is 1. The molecule has 0 fully saturated rings. The summed E-state index contributed by atoms with van der Waals surface area (Å²) < 4.78 is 5.96. The normalized spacial score (nSPS) is 11.3. The van der Waals surface area contributed by atoms with Crippen LogP contribution in [0.2, 0.25) is 0 Å². The molecule has 0 atom stereocenters. The van der Waals surface area contributed by atoms with Gasteiger partial charge >= 0.3 is 5.69 Å².